The third-order valence-corrected chi connectivity index (χ3v) is 3.23. The van der Waals surface area contributed by atoms with Gasteiger partial charge in [0.05, 0.1) is 5.41 Å². The van der Waals surface area contributed by atoms with Crippen LogP contribution in [0.1, 0.15) is 26.3 Å². The number of esters is 1. The fourth-order valence-electron chi connectivity index (χ4n) is 2.03. The summed E-state index contributed by atoms with van der Waals surface area (Å²) in [5, 5.41) is 1.56. The topological polar surface area (TPSA) is 44.8 Å². The zero-order valence-electron chi connectivity index (χ0n) is 13.8. The first-order valence-electron chi connectivity index (χ1n) is 7.24. The maximum Gasteiger partial charge on any atom is 0.316 e. The van der Waals surface area contributed by atoms with E-state index in [2.05, 4.69) is 5.92 Å². The molecule has 0 saturated carbocycles. The summed E-state index contributed by atoms with van der Waals surface area (Å²) in [6.45, 7) is 5.49. The molecule has 4 nitrogen and oxygen atoms in total. The van der Waals surface area contributed by atoms with Gasteiger partial charge in [0.2, 0.25) is 0 Å². The van der Waals surface area contributed by atoms with Crippen LogP contribution in [0.3, 0.4) is 0 Å². The van der Waals surface area contributed by atoms with Gasteiger partial charge in [-0.3, -0.25) is 4.79 Å². The molecule has 0 amide bonds. The molecule has 23 heavy (non-hydrogen) atoms. The third kappa shape index (κ3) is 3.82. The van der Waals surface area contributed by atoms with Crippen molar-refractivity contribution in [3.05, 3.63) is 35.9 Å². The van der Waals surface area contributed by atoms with Crippen LogP contribution in [-0.4, -0.2) is 19.9 Å². The van der Waals surface area contributed by atoms with E-state index in [1.165, 1.54) is 7.11 Å². The molecule has 120 valence electrons. The maximum atomic E-state index is 12.3. The van der Waals surface area contributed by atoms with Crippen LogP contribution in [-0.2, 0) is 9.53 Å². The summed E-state index contributed by atoms with van der Waals surface area (Å²) in [5.74, 6) is 3.23. The number of fused-ring (bicyclic) bond motifs is 1. The number of benzene rings is 2. The van der Waals surface area contributed by atoms with Gasteiger partial charge in [-0.2, -0.15) is 0 Å². The molecule has 0 atom stereocenters. The first-order chi connectivity index (χ1) is 10.9. The van der Waals surface area contributed by atoms with E-state index in [0.29, 0.717) is 17.1 Å². The summed E-state index contributed by atoms with van der Waals surface area (Å²) in [4.78, 5) is 12.3. The Morgan fingerprint density at radius 2 is 2.00 bits per heavy atom. The van der Waals surface area contributed by atoms with Gasteiger partial charge in [-0.25, -0.2) is 0 Å². The molecule has 0 aliphatic heterocycles. The molecule has 0 radical (unpaired) electrons. The molecule has 2 aromatic rings. The molecule has 0 N–H and O–H groups in total. The molecule has 0 saturated heterocycles. The number of hydrogen-bond donors (Lipinski definition) is 0. The van der Waals surface area contributed by atoms with Gasteiger partial charge in [0.1, 0.15) is 11.5 Å². The van der Waals surface area contributed by atoms with Crippen LogP contribution >= 0.6 is 0 Å². The fraction of sp³-hybridized carbons (Fsp3) is 0.316. The van der Waals surface area contributed by atoms with E-state index in [0.717, 1.165) is 10.8 Å². The molecular formula is C19H20O4. The number of carbonyl (C=O) groups is 1. The third-order valence-electron chi connectivity index (χ3n) is 3.23. The molecule has 0 aliphatic carbocycles. The number of methoxy groups -OCH3 is 1. The molecule has 0 unspecified atom stereocenters. The van der Waals surface area contributed by atoms with Crippen LogP contribution < -0.4 is 9.47 Å². The van der Waals surface area contributed by atoms with Gasteiger partial charge in [0.25, 0.3) is 0 Å². The molecule has 4 heteroatoms. The minimum atomic E-state index is -0.624. The van der Waals surface area contributed by atoms with Crippen molar-refractivity contribution in [2.75, 3.05) is 13.9 Å². The van der Waals surface area contributed by atoms with Crippen molar-refractivity contribution >= 4 is 16.7 Å². The molecule has 0 aliphatic rings. The van der Waals surface area contributed by atoms with Crippen LogP contribution in [0.2, 0.25) is 0 Å². The number of ether oxygens (including phenoxy) is 3. The van der Waals surface area contributed by atoms with E-state index < -0.39 is 5.41 Å². The van der Waals surface area contributed by atoms with E-state index in [1.807, 2.05) is 24.3 Å². The van der Waals surface area contributed by atoms with Crippen molar-refractivity contribution in [1.82, 2.24) is 0 Å². The summed E-state index contributed by atoms with van der Waals surface area (Å²) in [7, 11) is 1.54. The second-order valence-corrected chi connectivity index (χ2v) is 6.16. The Morgan fingerprint density at radius 3 is 2.61 bits per heavy atom. The van der Waals surface area contributed by atoms with Crippen molar-refractivity contribution in [1.29, 1.82) is 0 Å². The second-order valence-electron chi connectivity index (χ2n) is 6.16. The predicted octanol–water partition coefficient (Wildman–Crippen LogP) is 3.76. The molecule has 0 bridgehead atoms. The zero-order valence-corrected chi connectivity index (χ0v) is 13.8. The monoisotopic (exact) mass is 312 g/mol. The van der Waals surface area contributed by atoms with Gasteiger partial charge < -0.3 is 14.2 Å². The number of rotatable bonds is 4. The first kappa shape index (κ1) is 16.9. The molecule has 0 spiro atoms. The number of hydrogen-bond acceptors (Lipinski definition) is 4. The maximum absolute atomic E-state index is 12.3. The molecule has 0 fully saturated rings. The Hall–Kier alpha value is -2.51. The largest absolute Gasteiger partial charge is 0.467 e. The van der Waals surface area contributed by atoms with Crippen LogP contribution in [0.4, 0.5) is 0 Å². The van der Waals surface area contributed by atoms with Crippen molar-refractivity contribution in [2.45, 2.75) is 20.8 Å². The highest BCUT2D eigenvalue weighted by atomic mass is 16.7. The van der Waals surface area contributed by atoms with Gasteiger partial charge in [0, 0.05) is 24.1 Å². The van der Waals surface area contributed by atoms with Crippen molar-refractivity contribution < 1.29 is 19.0 Å². The number of carbonyl (C=O) groups excluding carboxylic acids is 1. The summed E-state index contributed by atoms with van der Waals surface area (Å²) < 4.78 is 16.0. The van der Waals surface area contributed by atoms with Gasteiger partial charge in [0.15, 0.2) is 6.79 Å². The Bertz CT molecular complexity index is 763. The highest BCUT2D eigenvalue weighted by molar-refractivity contribution is 5.96. The normalized spacial score (nSPS) is 11.1. The van der Waals surface area contributed by atoms with Crippen LogP contribution in [0.15, 0.2) is 30.3 Å². The van der Waals surface area contributed by atoms with Gasteiger partial charge in [-0.15, -0.1) is 6.42 Å². The van der Waals surface area contributed by atoms with E-state index in [1.54, 1.807) is 26.8 Å². The summed E-state index contributed by atoms with van der Waals surface area (Å²) in [6.07, 6.45) is 5.58. The van der Waals surface area contributed by atoms with Crippen molar-refractivity contribution in [3.63, 3.8) is 0 Å². The van der Waals surface area contributed by atoms with E-state index in [-0.39, 0.29) is 12.8 Å². The van der Waals surface area contributed by atoms with E-state index >= 15 is 0 Å². The fourth-order valence-corrected chi connectivity index (χ4v) is 2.03. The van der Waals surface area contributed by atoms with Gasteiger partial charge >= 0.3 is 5.97 Å². The van der Waals surface area contributed by atoms with Crippen LogP contribution in [0.5, 0.6) is 11.5 Å². The lowest BCUT2D eigenvalue weighted by atomic mass is 9.97. The smallest absolute Gasteiger partial charge is 0.316 e. The Labute approximate surface area is 136 Å². The van der Waals surface area contributed by atoms with Crippen molar-refractivity contribution in [3.8, 4) is 23.8 Å². The quantitative estimate of drug-likeness (QED) is 0.373. The Balaban J connectivity index is 2.58. The second kappa shape index (κ2) is 6.72. The summed E-state index contributed by atoms with van der Waals surface area (Å²) in [6, 6.07) is 9.05. The molecule has 2 aromatic carbocycles. The summed E-state index contributed by atoms with van der Waals surface area (Å²) in [5.41, 5.74) is 0.0401. The Kier molecular flexibility index (Phi) is 4.92. The molecule has 2 rings (SSSR count). The van der Waals surface area contributed by atoms with Crippen LogP contribution in [0.25, 0.3) is 10.8 Å². The molecule has 0 heterocycles. The van der Waals surface area contributed by atoms with Crippen molar-refractivity contribution in [2.24, 2.45) is 5.41 Å². The van der Waals surface area contributed by atoms with E-state index in [9.17, 15) is 4.79 Å². The minimum Gasteiger partial charge on any atom is -0.467 e. The Morgan fingerprint density at radius 1 is 1.26 bits per heavy atom. The van der Waals surface area contributed by atoms with Gasteiger partial charge in [-0.1, -0.05) is 18.1 Å². The predicted molar refractivity (Wildman–Crippen MR) is 89.5 cm³/mol. The van der Waals surface area contributed by atoms with Crippen LogP contribution in [0, 0.1) is 17.8 Å². The lowest BCUT2D eigenvalue weighted by Gasteiger charge is -2.18. The average molecular weight is 312 g/mol. The highest BCUT2D eigenvalue weighted by Crippen LogP contribution is 2.35. The van der Waals surface area contributed by atoms with Gasteiger partial charge in [-0.05, 0) is 38.3 Å². The lowest BCUT2D eigenvalue weighted by Crippen LogP contribution is -2.25. The first-order valence-corrected chi connectivity index (χ1v) is 7.24. The highest BCUT2D eigenvalue weighted by Gasteiger charge is 2.25. The zero-order chi connectivity index (χ0) is 17.0. The average Bonchev–Trinajstić information content (AvgIpc) is 2.51. The summed E-state index contributed by atoms with van der Waals surface area (Å²) >= 11 is 0. The standard InChI is InChI=1S/C19H20O4/c1-6-13-8-7-9-14-10-15(22-12-21-5)11-16(17(13)14)23-18(20)19(2,3)4/h1,7-11H,12H2,2-5H3. The molecular weight excluding hydrogens is 292 g/mol. The number of terminal acetylenes is 1. The minimum absolute atomic E-state index is 0.104. The molecule has 0 aromatic heterocycles. The van der Waals surface area contributed by atoms with E-state index in [4.69, 9.17) is 20.6 Å². The SMILES string of the molecule is C#Cc1cccc2cc(OCOC)cc(OC(=O)C(C)(C)C)c12. The lowest BCUT2D eigenvalue weighted by molar-refractivity contribution is -0.142.